The third-order valence-electron chi connectivity index (χ3n) is 2.56. The Morgan fingerprint density at radius 1 is 1.47 bits per heavy atom. The molecule has 0 bridgehead atoms. The molecule has 0 amide bonds. The summed E-state index contributed by atoms with van der Waals surface area (Å²) in [4.78, 5) is 10.4. The molecular weight excluding hydrogens is 192 g/mol. The van der Waals surface area contributed by atoms with Crippen molar-refractivity contribution < 1.29 is 0 Å². The number of nitrogen functional groups attached to an aromatic ring is 1. The van der Waals surface area contributed by atoms with E-state index < -0.39 is 0 Å². The van der Waals surface area contributed by atoms with E-state index in [0.717, 1.165) is 25.3 Å². The first-order valence-electron chi connectivity index (χ1n) is 5.01. The van der Waals surface area contributed by atoms with Crippen LogP contribution in [0.4, 0.5) is 11.6 Å². The Hall–Kier alpha value is -1.40. The summed E-state index contributed by atoms with van der Waals surface area (Å²) in [5.41, 5.74) is 2.50. The zero-order valence-corrected chi connectivity index (χ0v) is 8.77. The summed E-state index contributed by atoms with van der Waals surface area (Å²) >= 11 is 0. The summed E-state index contributed by atoms with van der Waals surface area (Å²) in [7, 11) is 2.12. The molecule has 0 saturated carbocycles. The standard InChI is InChI=1S/C9H16N6/c1-15-3-2-7(5-15)13-8-4-9(14-10)12-6-11-8/h4,6-7H,2-3,5,10H2,1H3,(H2,11,12,13,14). The molecule has 6 nitrogen and oxygen atoms in total. The van der Waals surface area contributed by atoms with E-state index in [0.29, 0.717) is 11.9 Å². The van der Waals surface area contributed by atoms with Gasteiger partial charge < -0.3 is 15.6 Å². The Morgan fingerprint density at radius 2 is 2.27 bits per heavy atom. The molecule has 82 valence electrons. The normalized spacial score (nSPS) is 21.6. The minimum Gasteiger partial charge on any atom is -0.366 e. The number of anilines is 2. The van der Waals surface area contributed by atoms with Gasteiger partial charge in [-0.3, -0.25) is 0 Å². The lowest BCUT2D eigenvalue weighted by molar-refractivity contribution is 0.414. The van der Waals surface area contributed by atoms with Crippen molar-refractivity contribution in [1.29, 1.82) is 0 Å². The fourth-order valence-corrected chi connectivity index (χ4v) is 1.78. The fraction of sp³-hybridized carbons (Fsp3) is 0.556. The third kappa shape index (κ3) is 2.54. The number of hydrogen-bond donors (Lipinski definition) is 3. The Morgan fingerprint density at radius 3 is 2.93 bits per heavy atom. The highest BCUT2D eigenvalue weighted by Gasteiger charge is 2.19. The molecule has 1 aliphatic heterocycles. The molecule has 1 aliphatic rings. The Kier molecular flexibility index (Phi) is 2.98. The van der Waals surface area contributed by atoms with Crippen LogP contribution >= 0.6 is 0 Å². The van der Waals surface area contributed by atoms with Crippen LogP contribution < -0.4 is 16.6 Å². The Labute approximate surface area is 88.9 Å². The molecule has 6 heteroatoms. The second-order valence-corrected chi connectivity index (χ2v) is 3.83. The topological polar surface area (TPSA) is 79.1 Å². The van der Waals surface area contributed by atoms with Crippen molar-refractivity contribution in [2.24, 2.45) is 5.84 Å². The van der Waals surface area contributed by atoms with Gasteiger partial charge in [0, 0.05) is 18.7 Å². The maximum absolute atomic E-state index is 5.27. The number of likely N-dealkylation sites (tertiary alicyclic amines) is 1. The van der Waals surface area contributed by atoms with E-state index in [1.165, 1.54) is 6.33 Å². The molecule has 4 N–H and O–H groups in total. The second kappa shape index (κ2) is 4.41. The summed E-state index contributed by atoms with van der Waals surface area (Å²) < 4.78 is 0. The highest BCUT2D eigenvalue weighted by molar-refractivity contribution is 5.46. The minimum atomic E-state index is 0.468. The van der Waals surface area contributed by atoms with Crippen molar-refractivity contribution in [2.75, 3.05) is 30.9 Å². The van der Waals surface area contributed by atoms with Gasteiger partial charge in [-0.25, -0.2) is 15.8 Å². The van der Waals surface area contributed by atoms with E-state index in [4.69, 9.17) is 5.84 Å². The predicted octanol–water partition coefficient (Wildman–Crippen LogP) is -0.122. The summed E-state index contributed by atoms with van der Waals surface area (Å²) in [6.07, 6.45) is 2.64. The molecule has 0 aromatic carbocycles. The van der Waals surface area contributed by atoms with Gasteiger partial charge in [-0.1, -0.05) is 0 Å². The first-order valence-corrected chi connectivity index (χ1v) is 5.01. The van der Waals surface area contributed by atoms with Gasteiger partial charge in [-0.15, -0.1) is 0 Å². The smallest absolute Gasteiger partial charge is 0.145 e. The van der Waals surface area contributed by atoms with Crippen molar-refractivity contribution in [3.8, 4) is 0 Å². The lowest BCUT2D eigenvalue weighted by atomic mass is 10.2. The molecule has 1 saturated heterocycles. The van der Waals surface area contributed by atoms with Crippen molar-refractivity contribution in [2.45, 2.75) is 12.5 Å². The van der Waals surface area contributed by atoms with Crippen LogP contribution in [0.25, 0.3) is 0 Å². The number of nitrogens with zero attached hydrogens (tertiary/aromatic N) is 3. The first kappa shape index (κ1) is 10.1. The van der Waals surface area contributed by atoms with E-state index in [9.17, 15) is 0 Å². The quantitative estimate of drug-likeness (QED) is 0.474. The van der Waals surface area contributed by atoms with Crippen molar-refractivity contribution >= 4 is 11.6 Å². The van der Waals surface area contributed by atoms with E-state index in [-0.39, 0.29) is 0 Å². The molecule has 0 radical (unpaired) electrons. The zero-order chi connectivity index (χ0) is 10.7. The Balaban J connectivity index is 1.98. The van der Waals surface area contributed by atoms with Gasteiger partial charge >= 0.3 is 0 Å². The molecule has 1 atom stereocenters. The van der Waals surface area contributed by atoms with Gasteiger partial charge in [-0.05, 0) is 20.0 Å². The minimum absolute atomic E-state index is 0.468. The van der Waals surface area contributed by atoms with Gasteiger partial charge in [0.15, 0.2) is 0 Å². The van der Waals surface area contributed by atoms with Gasteiger partial charge in [0.25, 0.3) is 0 Å². The average Bonchev–Trinajstić information content (AvgIpc) is 2.64. The van der Waals surface area contributed by atoms with E-state index in [2.05, 4.69) is 32.7 Å². The third-order valence-corrected chi connectivity index (χ3v) is 2.56. The average molecular weight is 208 g/mol. The number of hydrogen-bond acceptors (Lipinski definition) is 6. The fourth-order valence-electron chi connectivity index (χ4n) is 1.78. The van der Waals surface area contributed by atoms with Crippen molar-refractivity contribution in [3.05, 3.63) is 12.4 Å². The first-order chi connectivity index (χ1) is 7.28. The number of nitrogens with two attached hydrogens (primary N) is 1. The molecule has 1 aromatic rings. The summed E-state index contributed by atoms with van der Waals surface area (Å²) in [6.45, 7) is 2.18. The zero-order valence-electron chi connectivity index (χ0n) is 8.77. The van der Waals surface area contributed by atoms with E-state index in [1.54, 1.807) is 6.07 Å². The molecule has 1 aromatic heterocycles. The molecule has 2 heterocycles. The van der Waals surface area contributed by atoms with Crippen LogP contribution in [0.2, 0.25) is 0 Å². The second-order valence-electron chi connectivity index (χ2n) is 3.83. The molecule has 1 fully saturated rings. The molecular formula is C9H16N6. The molecule has 15 heavy (non-hydrogen) atoms. The van der Waals surface area contributed by atoms with Crippen molar-refractivity contribution in [3.63, 3.8) is 0 Å². The maximum Gasteiger partial charge on any atom is 0.145 e. The van der Waals surface area contributed by atoms with Crippen LogP contribution in [0, 0.1) is 0 Å². The molecule has 2 rings (SSSR count). The van der Waals surface area contributed by atoms with E-state index in [1.807, 2.05) is 0 Å². The van der Waals surface area contributed by atoms with Crippen LogP contribution in [0.15, 0.2) is 12.4 Å². The summed E-state index contributed by atoms with van der Waals surface area (Å²) in [6, 6.07) is 2.27. The van der Waals surface area contributed by atoms with Gasteiger partial charge in [0.2, 0.25) is 0 Å². The monoisotopic (exact) mass is 208 g/mol. The van der Waals surface area contributed by atoms with Crippen LogP contribution in [0.3, 0.4) is 0 Å². The molecule has 1 unspecified atom stereocenters. The number of rotatable bonds is 3. The largest absolute Gasteiger partial charge is 0.366 e. The highest BCUT2D eigenvalue weighted by atomic mass is 15.3. The SMILES string of the molecule is CN1CCC(Nc2cc(NN)ncn2)C1. The maximum atomic E-state index is 5.27. The number of aromatic nitrogens is 2. The van der Waals surface area contributed by atoms with Gasteiger partial charge in [0.1, 0.15) is 18.0 Å². The Bertz CT molecular complexity index is 328. The molecule has 0 aliphatic carbocycles. The van der Waals surface area contributed by atoms with E-state index >= 15 is 0 Å². The number of likely N-dealkylation sites (N-methyl/N-ethyl adjacent to an activating group) is 1. The lowest BCUT2D eigenvalue weighted by Crippen LogP contribution is -2.24. The highest BCUT2D eigenvalue weighted by Crippen LogP contribution is 2.14. The summed E-state index contributed by atoms with van der Waals surface area (Å²) in [5.74, 6) is 6.71. The number of nitrogens with one attached hydrogen (secondary N) is 2. The van der Waals surface area contributed by atoms with Crippen LogP contribution in [-0.4, -0.2) is 41.0 Å². The van der Waals surface area contributed by atoms with Gasteiger partial charge in [-0.2, -0.15) is 0 Å². The van der Waals surface area contributed by atoms with Crippen LogP contribution in [0.1, 0.15) is 6.42 Å². The molecule has 0 spiro atoms. The predicted molar refractivity (Wildman–Crippen MR) is 59.4 cm³/mol. The van der Waals surface area contributed by atoms with Crippen molar-refractivity contribution in [1.82, 2.24) is 14.9 Å². The summed E-state index contributed by atoms with van der Waals surface area (Å²) in [5, 5.41) is 3.36. The van der Waals surface area contributed by atoms with Crippen LogP contribution in [0.5, 0.6) is 0 Å². The van der Waals surface area contributed by atoms with Gasteiger partial charge in [0.05, 0.1) is 0 Å². The lowest BCUT2D eigenvalue weighted by Gasteiger charge is -2.13. The van der Waals surface area contributed by atoms with Crippen LogP contribution in [-0.2, 0) is 0 Å². The number of hydrazine groups is 1.